The molecule has 0 aromatic heterocycles. The molecule has 0 saturated carbocycles. The minimum atomic E-state index is -0.939. The van der Waals surface area contributed by atoms with Crippen LogP contribution < -0.4 is 0 Å². The minimum Gasteiger partial charge on any atom is -0.481 e. The summed E-state index contributed by atoms with van der Waals surface area (Å²) in [7, 11) is 0. The first-order valence-electron chi connectivity index (χ1n) is 6.03. The molecule has 1 N–H and O–H groups in total. The van der Waals surface area contributed by atoms with Crippen LogP contribution in [0.25, 0.3) is 0 Å². The number of rotatable bonds is 4. The van der Waals surface area contributed by atoms with Crippen molar-refractivity contribution in [1.82, 2.24) is 9.80 Å². The second-order valence-electron chi connectivity index (χ2n) is 4.50. The van der Waals surface area contributed by atoms with E-state index in [1.807, 2.05) is 0 Å². The van der Waals surface area contributed by atoms with Gasteiger partial charge in [-0.15, -0.1) is 11.8 Å². The number of carboxylic acids is 1. The maximum absolute atomic E-state index is 12.1. The van der Waals surface area contributed by atoms with Gasteiger partial charge in [0.2, 0.25) is 11.8 Å². The molecule has 0 spiro atoms. The highest BCUT2D eigenvalue weighted by atomic mass is 32.2. The van der Waals surface area contributed by atoms with Gasteiger partial charge in [-0.2, -0.15) is 0 Å². The van der Waals surface area contributed by atoms with Gasteiger partial charge in [0, 0.05) is 13.1 Å². The number of hydrogen-bond acceptors (Lipinski definition) is 5. The van der Waals surface area contributed by atoms with Crippen LogP contribution in [0.5, 0.6) is 0 Å². The van der Waals surface area contributed by atoms with E-state index in [2.05, 4.69) is 0 Å². The maximum atomic E-state index is 12.1. The summed E-state index contributed by atoms with van der Waals surface area (Å²) in [5, 5.41) is 8.72. The quantitative estimate of drug-likeness (QED) is 0.730. The maximum Gasteiger partial charge on any atom is 0.306 e. The summed E-state index contributed by atoms with van der Waals surface area (Å²) in [6, 6.07) is 0. The van der Waals surface area contributed by atoms with Gasteiger partial charge in [-0.1, -0.05) is 0 Å². The normalized spacial score (nSPS) is 23.8. The number of carboxylic acid groups (broad SMARTS) is 1. The van der Waals surface area contributed by atoms with Crippen molar-refractivity contribution in [3.05, 3.63) is 0 Å². The zero-order valence-electron chi connectivity index (χ0n) is 10.4. The van der Waals surface area contributed by atoms with E-state index in [0.717, 1.165) is 0 Å². The topological polar surface area (TPSA) is 87.2 Å². The number of morpholine rings is 1. The molecule has 106 valence electrons. The second-order valence-corrected chi connectivity index (χ2v) is 5.45. The third-order valence-electron chi connectivity index (χ3n) is 3.05. The molecule has 19 heavy (non-hydrogen) atoms. The van der Waals surface area contributed by atoms with Crippen molar-refractivity contribution in [1.29, 1.82) is 0 Å². The lowest BCUT2D eigenvalue weighted by molar-refractivity contribution is -0.149. The Morgan fingerprint density at radius 3 is 2.89 bits per heavy atom. The number of amides is 2. The van der Waals surface area contributed by atoms with Gasteiger partial charge in [0.25, 0.3) is 0 Å². The molecule has 0 radical (unpaired) electrons. The smallest absolute Gasteiger partial charge is 0.306 e. The second kappa shape index (κ2) is 6.25. The lowest BCUT2D eigenvalue weighted by atomic mass is 10.2. The molecule has 0 bridgehead atoms. The highest BCUT2D eigenvalue weighted by Gasteiger charge is 2.29. The molecule has 2 aliphatic rings. The zero-order valence-corrected chi connectivity index (χ0v) is 11.2. The third kappa shape index (κ3) is 3.84. The summed E-state index contributed by atoms with van der Waals surface area (Å²) in [4.78, 5) is 37.2. The van der Waals surface area contributed by atoms with E-state index in [9.17, 15) is 14.4 Å². The molecule has 0 aliphatic carbocycles. The van der Waals surface area contributed by atoms with Gasteiger partial charge < -0.3 is 19.6 Å². The number of thioether (sulfide) groups is 1. The van der Waals surface area contributed by atoms with Crippen LogP contribution in [0.2, 0.25) is 0 Å². The molecular weight excluding hydrogens is 272 g/mol. The summed E-state index contributed by atoms with van der Waals surface area (Å²) in [6.45, 7) is 1.14. The summed E-state index contributed by atoms with van der Waals surface area (Å²) in [5.74, 6) is -0.125. The fourth-order valence-corrected chi connectivity index (χ4v) is 2.97. The van der Waals surface area contributed by atoms with Gasteiger partial charge in [-0.3, -0.25) is 14.4 Å². The average molecular weight is 288 g/mol. The third-order valence-corrected chi connectivity index (χ3v) is 3.99. The number of carbonyl (C=O) groups is 3. The number of carbonyl (C=O) groups excluding carboxylic acids is 2. The molecule has 8 heteroatoms. The molecule has 2 aliphatic heterocycles. The van der Waals surface area contributed by atoms with Crippen molar-refractivity contribution in [2.24, 2.45) is 0 Å². The summed E-state index contributed by atoms with van der Waals surface area (Å²) >= 11 is 1.49. The van der Waals surface area contributed by atoms with Crippen LogP contribution in [-0.2, 0) is 19.1 Å². The van der Waals surface area contributed by atoms with Crippen LogP contribution in [0, 0.1) is 0 Å². The van der Waals surface area contributed by atoms with Crippen molar-refractivity contribution in [3.63, 3.8) is 0 Å². The van der Waals surface area contributed by atoms with Gasteiger partial charge in [-0.05, 0) is 0 Å². The first-order chi connectivity index (χ1) is 9.06. The molecule has 0 aromatic carbocycles. The Morgan fingerprint density at radius 1 is 1.47 bits per heavy atom. The van der Waals surface area contributed by atoms with Crippen LogP contribution in [0.15, 0.2) is 0 Å². The predicted molar refractivity (Wildman–Crippen MR) is 67.6 cm³/mol. The highest BCUT2D eigenvalue weighted by Crippen LogP contribution is 2.15. The van der Waals surface area contributed by atoms with E-state index >= 15 is 0 Å². The number of nitrogens with zero attached hydrogens (tertiary/aromatic N) is 2. The van der Waals surface area contributed by atoms with Crippen molar-refractivity contribution >= 4 is 29.5 Å². The van der Waals surface area contributed by atoms with Crippen molar-refractivity contribution in [2.45, 2.75) is 12.5 Å². The van der Waals surface area contributed by atoms with Crippen molar-refractivity contribution in [2.75, 3.05) is 37.9 Å². The Balaban J connectivity index is 1.84. The summed E-state index contributed by atoms with van der Waals surface area (Å²) in [5.41, 5.74) is 0. The van der Waals surface area contributed by atoms with E-state index < -0.39 is 12.1 Å². The molecule has 2 fully saturated rings. The lowest BCUT2D eigenvalue weighted by Crippen LogP contribution is -2.49. The summed E-state index contributed by atoms with van der Waals surface area (Å²) in [6.07, 6.45) is -0.568. The fraction of sp³-hybridized carbons (Fsp3) is 0.727. The van der Waals surface area contributed by atoms with Crippen LogP contribution in [0.4, 0.5) is 0 Å². The SMILES string of the molecule is O=C(O)CC1CN(C(=O)CN2CSCC2=O)CCO1. The van der Waals surface area contributed by atoms with Gasteiger partial charge in [0.05, 0.1) is 30.8 Å². The first kappa shape index (κ1) is 14.1. The fourth-order valence-electron chi connectivity index (χ4n) is 2.07. The number of hydrogen-bond donors (Lipinski definition) is 1. The standard InChI is InChI=1S/C11H16N2O5S/c14-9(5-13-7-19-6-10(13)15)12-1-2-18-8(4-12)3-11(16)17/h8H,1-7H2,(H,16,17). The van der Waals surface area contributed by atoms with Crippen LogP contribution >= 0.6 is 11.8 Å². The Bertz CT molecular complexity index is 389. The molecule has 1 unspecified atom stereocenters. The molecule has 7 nitrogen and oxygen atoms in total. The first-order valence-corrected chi connectivity index (χ1v) is 7.18. The molecule has 2 rings (SSSR count). The van der Waals surface area contributed by atoms with Crippen LogP contribution in [-0.4, -0.2) is 76.7 Å². The average Bonchev–Trinajstić information content (AvgIpc) is 2.74. The minimum absolute atomic E-state index is 0.0197. The largest absolute Gasteiger partial charge is 0.481 e. The number of aliphatic carboxylic acids is 1. The molecule has 1 atom stereocenters. The molecule has 0 aromatic rings. The van der Waals surface area contributed by atoms with E-state index in [-0.39, 0.29) is 31.3 Å². The molecule has 2 amide bonds. The predicted octanol–water partition coefficient (Wildman–Crippen LogP) is -0.779. The molecular formula is C11H16N2O5S. The van der Waals surface area contributed by atoms with E-state index in [4.69, 9.17) is 9.84 Å². The molecule has 2 saturated heterocycles. The Hall–Kier alpha value is -1.28. The zero-order chi connectivity index (χ0) is 13.8. The van der Waals surface area contributed by atoms with E-state index in [0.29, 0.717) is 24.8 Å². The van der Waals surface area contributed by atoms with Gasteiger partial charge in [0.15, 0.2) is 0 Å². The lowest BCUT2D eigenvalue weighted by Gasteiger charge is -2.33. The van der Waals surface area contributed by atoms with Crippen LogP contribution in [0.3, 0.4) is 0 Å². The van der Waals surface area contributed by atoms with E-state index in [1.165, 1.54) is 16.7 Å². The van der Waals surface area contributed by atoms with Crippen LogP contribution in [0.1, 0.15) is 6.42 Å². The Morgan fingerprint density at radius 2 is 2.26 bits per heavy atom. The number of ether oxygens (including phenoxy) is 1. The van der Waals surface area contributed by atoms with Gasteiger partial charge >= 0.3 is 5.97 Å². The van der Waals surface area contributed by atoms with Gasteiger partial charge in [0.1, 0.15) is 6.54 Å². The Kier molecular flexibility index (Phi) is 4.65. The van der Waals surface area contributed by atoms with Gasteiger partial charge in [-0.25, -0.2) is 0 Å². The monoisotopic (exact) mass is 288 g/mol. The van der Waals surface area contributed by atoms with Crippen molar-refractivity contribution in [3.8, 4) is 0 Å². The molecule has 2 heterocycles. The highest BCUT2D eigenvalue weighted by molar-refractivity contribution is 8.00. The summed E-state index contributed by atoms with van der Waals surface area (Å²) < 4.78 is 5.30. The van der Waals surface area contributed by atoms with Crippen molar-refractivity contribution < 1.29 is 24.2 Å². The Labute approximate surface area is 114 Å². The van der Waals surface area contributed by atoms with E-state index in [1.54, 1.807) is 4.90 Å².